The fraction of sp³-hybridized carbons (Fsp3) is 0.316. The van der Waals surface area contributed by atoms with Gasteiger partial charge in [0, 0.05) is 12.1 Å². The molecule has 7 heteroatoms. The van der Waals surface area contributed by atoms with Gasteiger partial charge < -0.3 is 14.8 Å². The lowest BCUT2D eigenvalue weighted by Gasteiger charge is -2.13. The molecule has 140 valence electrons. The Kier molecular flexibility index (Phi) is 6.63. The van der Waals surface area contributed by atoms with Crippen LogP contribution >= 0.6 is 0 Å². The van der Waals surface area contributed by atoms with Crippen LogP contribution in [-0.4, -0.2) is 18.4 Å². The third-order valence-corrected chi connectivity index (χ3v) is 3.48. The van der Waals surface area contributed by atoms with Crippen LogP contribution in [0.3, 0.4) is 0 Å². The molecular formula is C19H20F3NO3. The first-order chi connectivity index (χ1) is 12.2. The summed E-state index contributed by atoms with van der Waals surface area (Å²) >= 11 is 0. The van der Waals surface area contributed by atoms with Crippen molar-refractivity contribution in [1.29, 1.82) is 0 Å². The number of rotatable bonds is 7. The molecule has 0 saturated heterocycles. The van der Waals surface area contributed by atoms with Gasteiger partial charge in [0.15, 0.2) is 0 Å². The Hall–Kier alpha value is -2.54. The summed E-state index contributed by atoms with van der Waals surface area (Å²) in [6, 6.07) is 12.3. The van der Waals surface area contributed by atoms with Gasteiger partial charge in [-0.2, -0.15) is 0 Å². The molecule has 0 saturated carbocycles. The minimum absolute atomic E-state index is 0.0927. The monoisotopic (exact) mass is 367 g/mol. The van der Waals surface area contributed by atoms with E-state index >= 15 is 0 Å². The van der Waals surface area contributed by atoms with Gasteiger partial charge >= 0.3 is 6.36 Å². The first-order valence-corrected chi connectivity index (χ1v) is 8.07. The van der Waals surface area contributed by atoms with Gasteiger partial charge in [-0.1, -0.05) is 24.3 Å². The Morgan fingerprint density at radius 2 is 1.65 bits per heavy atom. The van der Waals surface area contributed by atoms with Crippen LogP contribution < -0.4 is 10.1 Å². The van der Waals surface area contributed by atoms with Gasteiger partial charge in [0.1, 0.15) is 5.75 Å². The van der Waals surface area contributed by atoms with E-state index in [9.17, 15) is 18.0 Å². The fourth-order valence-corrected chi connectivity index (χ4v) is 2.21. The van der Waals surface area contributed by atoms with Gasteiger partial charge in [-0.15, -0.1) is 13.2 Å². The highest BCUT2D eigenvalue weighted by molar-refractivity contribution is 5.94. The second-order valence-corrected chi connectivity index (χ2v) is 5.88. The molecule has 4 nitrogen and oxygen atoms in total. The summed E-state index contributed by atoms with van der Waals surface area (Å²) in [7, 11) is 0. The maximum absolute atomic E-state index is 12.2. The highest BCUT2D eigenvalue weighted by Gasteiger charge is 2.31. The molecule has 2 rings (SSSR count). The lowest BCUT2D eigenvalue weighted by Crippen LogP contribution is -2.23. The van der Waals surface area contributed by atoms with Crippen LogP contribution in [0.25, 0.3) is 0 Å². The standard InChI is InChI=1S/C19H20F3NO3/c1-13(2)25-12-16-6-4-3-5-15(16)11-23-18(24)14-7-9-17(10-8-14)26-19(20,21)22/h3-10,13H,11-12H2,1-2H3,(H,23,24). The lowest BCUT2D eigenvalue weighted by atomic mass is 10.1. The number of carbonyl (C=O) groups excluding carboxylic acids is 1. The van der Waals surface area contributed by atoms with Crippen molar-refractivity contribution in [2.24, 2.45) is 0 Å². The van der Waals surface area contributed by atoms with Crippen LogP contribution in [0.4, 0.5) is 13.2 Å². The molecular weight excluding hydrogens is 347 g/mol. The average Bonchev–Trinajstić information content (AvgIpc) is 2.57. The highest BCUT2D eigenvalue weighted by Crippen LogP contribution is 2.22. The largest absolute Gasteiger partial charge is 0.573 e. The Labute approximate surface area is 149 Å². The molecule has 0 aliphatic carbocycles. The van der Waals surface area contributed by atoms with Crippen molar-refractivity contribution in [3.63, 3.8) is 0 Å². The van der Waals surface area contributed by atoms with E-state index in [0.717, 1.165) is 23.3 Å². The van der Waals surface area contributed by atoms with E-state index in [-0.39, 0.29) is 29.9 Å². The number of alkyl halides is 3. The molecule has 0 aliphatic heterocycles. The molecule has 1 amide bonds. The average molecular weight is 367 g/mol. The smallest absolute Gasteiger partial charge is 0.406 e. The van der Waals surface area contributed by atoms with Crippen molar-refractivity contribution >= 4 is 5.91 Å². The van der Waals surface area contributed by atoms with E-state index in [2.05, 4.69) is 10.1 Å². The number of nitrogens with one attached hydrogen (secondary N) is 1. The molecule has 0 aliphatic rings. The van der Waals surface area contributed by atoms with E-state index < -0.39 is 6.36 Å². The van der Waals surface area contributed by atoms with E-state index in [4.69, 9.17) is 4.74 Å². The zero-order valence-corrected chi connectivity index (χ0v) is 14.5. The first kappa shape index (κ1) is 19.8. The van der Waals surface area contributed by atoms with Crippen LogP contribution in [0.1, 0.15) is 35.3 Å². The van der Waals surface area contributed by atoms with Gasteiger partial charge in [0.25, 0.3) is 5.91 Å². The van der Waals surface area contributed by atoms with E-state index in [0.29, 0.717) is 6.61 Å². The quantitative estimate of drug-likeness (QED) is 0.787. The first-order valence-electron chi connectivity index (χ1n) is 8.07. The molecule has 2 aromatic carbocycles. The van der Waals surface area contributed by atoms with Crippen molar-refractivity contribution in [2.75, 3.05) is 0 Å². The highest BCUT2D eigenvalue weighted by atomic mass is 19.4. The molecule has 0 spiro atoms. The topological polar surface area (TPSA) is 47.6 Å². The minimum atomic E-state index is -4.76. The Morgan fingerprint density at radius 1 is 1.04 bits per heavy atom. The Balaban J connectivity index is 1.96. The Bertz CT molecular complexity index is 728. The zero-order chi connectivity index (χ0) is 19.2. The number of hydrogen-bond donors (Lipinski definition) is 1. The molecule has 0 heterocycles. The van der Waals surface area contributed by atoms with Crippen LogP contribution in [0, 0.1) is 0 Å². The number of amides is 1. The molecule has 0 bridgehead atoms. The van der Waals surface area contributed by atoms with Gasteiger partial charge in [0.05, 0.1) is 12.7 Å². The number of ether oxygens (including phenoxy) is 2. The number of halogens is 3. The van der Waals surface area contributed by atoms with Gasteiger partial charge in [0.2, 0.25) is 0 Å². The number of carbonyl (C=O) groups is 1. The molecule has 1 N–H and O–H groups in total. The summed E-state index contributed by atoms with van der Waals surface area (Å²) in [5.74, 6) is -0.756. The zero-order valence-electron chi connectivity index (χ0n) is 14.5. The second kappa shape index (κ2) is 8.71. The molecule has 0 fully saturated rings. The number of hydrogen-bond acceptors (Lipinski definition) is 3. The van der Waals surface area contributed by atoms with Crippen molar-refractivity contribution < 1.29 is 27.4 Å². The van der Waals surface area contributed by atoms with Crippen LogP contribution in [-0.2, 0) is 17.9 Å². The van der Waals surface area contributed by atoms with Crippen LogP contribution in [0.2, 0.25) is 0 Å². The van der Waals surface area contributed by atoms with E-state index in [1.807, 2.05) is 38.1 Å². The molecule has 26 heavy (non-hydrogen) atoms. The predicted molar refractivity (Wildman–Crippen MR) is 90.7 cm³/mol. The van der Waals surface area contributed by atoms with Gasteiger partial charge in [-0.3, -0.25) is 4.79 Å². The van der Waals surface area contributed by atoms with Crippen LogP contribution in [0.15, 0.2) is 48.5 Å². The summed E-state index contributed by atoms with van der Waals surface area (Å²) in [4.78, 5) is 12.2. The van der Waals surface area contributed by atoms with Gasteiger partial charge in [-0.05, 0) is 49.2 Å². The lowest BCUT2D eigenvalue weighted by molar-refractivity contribution is -0.274. The minimum Gasteiger partial charge on any atom is -0.406 e. The van der Waals surface area contributed by atoms with Crippen molar-refractivity contribution in [1.82, 2.24) is 5.32 Å². The molecule has 0 radical (unpaired) electrons. The molecule has 0 aromatic heterocycles. The molecule has 0 unspecified atom stereocenters. The van der Waals surface area contributed by atoms with E-state index in [1.54, 1.807) is 0 Å². The van der Waals surface area contributed by atoms with Crippen molar-refractivity contribution in [3.8, 4) is 5.75 Å². The van der Waals surface area contributed by atoms with Crippen molar-refractivity contribution in [2.45, 2.75) is 39.5 Å². The second-order valence-electron chi connectivity index (χ2n) is 5.88. The molecule has 0 atom stereocenters. The summed E-state index contributed by atoms with van der Waals surface area (Å²) in [6.07, 6.45) is -4.67. The summed E-state index contributed by atoms with van der Waals surface area (Å²) in [5.41, 5.74) is 2.13. The summed E-state index contributed by atoms with van der Waals surface area (Å²) in [6.45, 7) is 4.61. The molecule has 2 aromatic rings. The normalized spacial score (nSPS) is 11.5. The number of benzene rings is 2. The third-order valence-electron chi connectivity index (χ3n) is 3.48. The maximum Gasteiger partial charge on any atom is 0.573 e. The maximum atomic E-state index is 12.2. The Morgan fingerprint density at radius 3 is 2.23 bits per heavy atom. The van der Waals surface area contributed by atoms with Crippen LogP contribution in [0.5, 0.6) is 5.75 Å². The fourth-order valence-electron chi connectivity index (χ4n) is 2.21. The third kappa shape index (κ3) is 6.40. The summed E-state index contributed by atoms with van der Waals surface area (Å²) < 4.78 is 45.8. The van der Waals surface area contributed by atoms with Crippen molar-refractivity contribution in [3.05, 3.63) is 65.2 Å². The summed E-state index contributed by atoms with van der Waals surface area (Å²) in [5, 5.41) is 2.75. The van der Waals surface area contributed by atoms with E-state index in [1.165, 1.54) is 12.1 Å². The predicted octanol–water partition coefficient (Wildman–Crippen LogP) is 4.44. The van der Waals surface area contributed by atoms with Gasteiger partial charge in [-0.25, -0.2) is 0 Å². The SMILES string of the molecule is CC(C)OCc1ccccc1CNC(=O)c1ccc(OC(F)(F)F)cc1.